The summed E-state index contributed by atoms with van der Waals surface area (Å²) in [5.74, 6) is 0.381. The van der Waals surface area contributed by atoms with Gasteiger partial charge >= 0.3 is 0 Å². The van der Waals surface area contributed by atoms with Crippen LogP contribution in [0.4, 0.5) is 0 Å². The Morgan fingerprint density at radius 3 is 2.64 bits per heavy atom. The van der Waals surface area contributed by atoms with Crippen LogP contribution in [-0.2, 0) is 4.74 Å². The fourth-order valence-electron chi connectivity index (χ4n) is 3.18. The Hall–Kier alpha value is -1.43. The molecule has 1 aromatic rings. The lowest BCUT2D eigenvalue weighted by Crippen LogP contribution is -2.35. The normalized spacial score (nSPS) is 24.5. The van der Waals surface area contributed by atoms with Gasteiger partial charge in [0.05, 0.1) is 12.6 Å². The molecule has 5 heteroatoms. The number of ether oxygens (including phenoxy) is 1. The molecule has 22 heavy (non-hydrogen) atoms. The number of nitrogens with zero attached hydrogens (tertiary/aromatic N) is 1. The topological polar surface area (TPSA) is 53.6 Å². The van der Waals surface area contributed by atoms with E-state index in [2.05, 4.69) is 23.8 Å². The van der Waals surface area contributed by atoms with Crippen LogP contribution in [0.5, 0.6) is 0 Å². The van der Waals surface area contributed by atoms with Crippen molar-refractivity contribution < 1.29 is 9.53 Å². The van der Waals surface area contributed by atoms with E-state index >= 15 is 0 Å². The summed E-state index contributed by atoms with van der Waals surface area (Å²) in [7, 11) is 1.71. The molecular formula is C17H27N3O2. The molecule has 1 saturated heterocycles. The van der Waals surface area contributed by atoms with Crippen molar-refractivity contribution in [3.63, 3.8) is 0 Å². The van der Waals surface area contributed by atoms with Gasteiger partial charge in [0.2, 0.25) is 0 Å². The van der Waals surface area contributed by atoms with Gasteiger partial charge in [0.15, 0.2) is 0 Å². The van der Waals surface area contributed by atoms with Gasteiger partial charge in [0.1, 0.15) is 0 Å². The van der Waals surface area contributed by atoms with Crippen LogP contribution in [0.25, 0.3) is 0 Å². The summed E-state index contributed by atoms with van der Waals surface area (Å²) in [6.45, 7) is 8.26. The lowest BCUT2D eigenvalue weighted by Gasteiger charge is -2.23. The van der Waals surface area contributed by atoms with Crippen molar-refractivity contribution in [3.05, 3.63) is 35.4 Å². The van der Waals surface area contributed by atoms with Crippen LogP contribution in [0.15, 0.2) is 24.3 Å². The number of hydrogen-bond donors (Lipinski definition) is 2. The second-order valence-corrected chi connectivity index (χ2v) is 5.77. The van der Waals surface area contributed by atoms with Crippen molar-refractivity contribution in [3.8, 4) is 0 Å². The average molecular weight is 305 g/mol. The molecule has 5 nitrogen and oxygen atoms in total. The molecule has 0 saturated carbocycles. The highest BCUT2D eigenvalue weighted by Gasteiger charge is 2.34. The molecule has 1 aliphatic heterocycles. The maximum atomic E-state index is 12.5. The number of hydrogen-bond acceptors (Lipinski definition) is 4. The summed E-state index contributed by atoms with van der Waals surface area (Å²) < 4.78 is 5.30. The molecule has 2 rings (SSSR count). The molecule has 3 unspecified atom stereocenters. The van der Waals surface area contributed by atoms with E-state index in [0.29, 0.717) is 12.6 Å². The quantitative estimate of drug-likeness (QED) is 0.841. The fourth-order valence-corrected chi connectivity index (χ4v) is 3.18. The molecule has 0 aromatic heterocycles. The minimum atomic E-state index is 0.0988. The molecule has 1 fully saturated rings. The predicted octanol–water partition coefficient (Wildman–Crippen LogP) is 1.76. The van der Waals surface area contributed by atoms with Crippen molar-refractivity contribution in [1.29, 1.82) is 0 Å². The first kappa shape index (κ1) is 16.9. The third-order valence-electron chi connectivity index (χ3n) is 4.38. The number of carbonyl (C=O) groups is 1. The van der Waals surface area contributed by atoms with E-state index in [9.17, 15) is 4.79 Å². The first-order chi connectivity index (χ1) is 10.6. The number of rotatable bonds is 6. The molecular weight excluding hydrogens is 278 g/mol. The third kappa shape index (κ3) is 3.48. The predicted molar refractivity (Wildman–Crippen MR) is 87.8 cm³/mol. The second-order valence-electron chi connectivity index (χ2n) is 5.77. The van der Waals surface area contributed by atoms with Gasteiger partial charge in [-0.2, -0.15) is 0 Å². The Morgan fingerprint density at radius 1 is 1.27 bits per heavy atom. The molecule has 3 atom stereocenters. The molecule has 1 amide bonds. The Bertz CT molecular complexity index is 500. The fraction of sp³-hybridized carbons (Fsp3) is 0.588. The van der Waals surface area contributed by atoms with Gasteiger partial charge < -0.3 is 9.64 Å². The molecule has 1 heterocycles. The molecule has 0 spiro atoms. The SMILES string of the molecule is CCN(CC)C(=O)c1cccc(C2C(C)NNC2COC)c1. The Kier molecular flexibility index (Phi) is 5.94. The van der Waals surface area contributed by atoms with Crippen LogP contribution in [-0.4, -0.2) is 49.7 Å². The Morgan fingerprint density at radius 2 is 2.00 bits per heavy atom. The van der Waals surface area contributed by atoms with E-state index in [1.807, 2.05) is 36.9 Å². The maximum absolute atomic E-state index is 12.5. The van der Waals surface area contributed by atoms with Gasteiger partial charge in [-0.3, -0.25) is 15.6 Å². The molecule has 0 bridgehead atoms. The van der Waals surface area contributed by atoms with E-state index in [1.54, 1.807) is 7.11 Å². The summed E-state index contributed by atoms with van der Waals surface area (Å²) in [4.78, 5) is 14.4. The van der Waals surface area contributed by atoms with Crippen molar-refractivity contribution in [1.82, 2.24) is 15.8 Å². The summed E-state index contributed by atoms with van der Waals surface area (Å²) in [6, 6.07) is 8.49. The van der Waals surface area contributed by atoms with E-state index in [4.69, 9.17) is 4.74 Å². The lowest BCUT2D eigenvalue weighted by molar-refractivity contribution is 0.0773. The van der Waals surface area contributed by atoms with Crippen LogP contribution in [0.3, 0.4) is 0 Å². The number of amides is 1. The zero-order valence-electron chi connectivity index (χ0n) is 13.9. The highest BCUT2D eigenvalue weighted by Crippen LogP contribution is 2.28. The van der Waals surface area contributed by atoms with Crippen LogP contribution >= 0.6 is 0 Å². The van der Waals surface area contributed by atoms with E-state index in [-0.39, 0.29) is 17.9 Å². The van der Waals surface area contributed by atoms with E-state index < -0.39 is 0 Å². The monoisotopic (exact) mass is 305 g/mol. The molecule has 0 aliphatic carbocycles. The summed E-state index contributed by atoms with van der Waals surface area (Å²) >= 11 is 0. The third-order valence-corrected chi connectivity index (χ3v) is 4.38. The largest absolute Gasteiger partial charge is 0.383 e. The van der Waals surface area contributed by atoms with Gasteiger partial charge in [-0.15, -0.1) is 0 Å². The number of hydrazine groups is 1. The van der Waals surface area contributed by atoms with Gasteiger partial charge in [0.25, 0.3) is 5.91 Å². The van der Waals surface area contributed by atoms with Crippen LogP contribution < -0.4 is 10.9 Å². The van der Waals surface area contributed by atoms with Crippen molar-refractivity contribution in [2.24, 2.45) is 0 Å². The number of nitrogens with one attached hydrogen (secondary N) is 2. The van der Waals surface area contributed by atoms with Crippen LogP contribution in [0, 0.1) is 0 Å². The lowest BCUT2D eigenvalue weighted by atomic mass is 9.87. The van der Waals surface area contributed by atoms with Gasteiger partial charge in [-0.25, -0.2) is 0 Å². The summed E-state index contributed by atoms with van der Waals surface area (Å²) in [6.07, 6.45) is 0. The van der Waals surface area contributed by atoms with Crippen LogP contribution in [0.1, 0.15) is 42.6 Å². The molecule has 122 valence electrons. The maximum Gasteiger partial charge on any atom is 0.253 e. The van der Waals surface area contributed by atoms with Crippen molar-refractivity contribution in [2.75, 3.05) is 26.8 Å². The Balaban J connectivity index is 2.25. The number of carbonyl (C=O) groups excluding carboxylic acids is 1. The molecule has 1 aromatic carbocycles. The number of benzene rings is 1. The van der Waals surface area contributed by atoms with E-state index in [0.717, 1.165) is 18.7 Å². The Labute approximate surface area is 133 Å². The van der Waals surface area contributed by atoms with Crippen molar-refractivity contribution >= 4 is 5.91 Å². The first-order valence-electron chi connectivity index (χ1n) is 8.01. The smallest absolute Gasteiger partial charge is 0.253 e. The highest BCUT2D eigenvalue weighted by atomic mass is 16.5. The van der Waals surface area contributed by atoms with Crippen LogP contribution in [0.2, 0.25) is 0 Å². The molecule has 1 aliphatic rings. The summed E-state index contributed by atoms with van der Waals surface area (Å²) in [5.41, 5.74) is 8.48. The van der Waals surface area contributed by atoms with Crippen molar-refractivity contribution in [2.45, 2.75) is 38.8 Å². The summed E-state index contributed by atoms with van der Waals surface area (Å²) in [5, 5.41) is 0. The van der Waals surface area contributed by atoms with Gasteiger partial charge in [-0.05, 0) is 38.5 Å². The minimum Gasteiger partial charge on any atom is -0.383 e. The minimum absolute atomic E-state index is 0.0988. The van der Waals surface area contributed by atoms with E-state index in [1.165, 1.54) is 5.56 Å². The number of methoxy groups -OCH3 is 1. The zero-order chi connectivity index (χ0) is 16.1. The standard InChI is InChI=1S/C17H27N3O2/c1-5-20(6-2)17(21)14-9-7-8-13(10-14)16-12(3)18-19-15(16)11-22-4/h7-10,12,15-16,18-19H,5-6,11H2,1-4H3. The second kappa shape index (κ2) is 7.72. The highest BCUT2D eigenvalue weighted by molar-refractivity contribution is 5.94. The molecule has 2 N–H and O–H groups in total. The van der Waals surface area contributed by atoms with Gasteiger partial charge in [-0.1, -0.05) is 12.1 Å². The van der Waals surface area contributed by atoms with Gasteiger partial charge in [0, 0.05) is 37.7 Å². The average Bonchev–Trinajstić information content (AvgIpc) is 2.89. The zero-order valence-corrected chi connectivity index (χ0v) is 13.9. The molecule has 0 radical (unpaired) electrons. The first-order valence-corrected chi connectivity index (χ1v) is 8.01.